The first kappa shape index (κ1) is 63.2. The Morgan fingerprint density at radius 2 is 1.65 bits per heavy atom. The van der Waals surface area contributed by atoms with E-state index in [-0.39, 0.29) is 47.6 Å². The number of anilines is 1. The monoisotopic (exact) mass is 1000 g/mol. The Labute approximate surface area is 418 Å². The van der Waals surface area contributed by atoms with Crippen molar-refractivity contribution in [2.75, 3.05) is 12.8 Å². The fourth-order valence-electron chi connectivity index (χ4n) is 7.96. The lowest BCUT2D eigenvalue weighted by Gasteiger charge is -2.29. The molecule has 16 heteroatoms. The van der Waals surface area contributed by atoms with Crippen LogP contribution in [0.1, 0.15) is 157 Å². The van der Waals surface area contributed by atoms with E-state index in [9.17, 15) is 36.3 Å². The number of nitrogens with two attached hydrogens (primary N) is 1. The minimum Gasteiger partial charge on any atom is -0.383 e. The van der Waals surface area contributed by atoms with Gasteiger partial charge in [-0.25, -0.2) is 9.37 Å². The molecule has 1 aromatic carbocycles. The molecule has 4 unspecified atom stereocenters. The molecule has 4 atom stereocenters. The van der Waals surface area contributed by atoms with Crippen LogP contribution in [0.25, 0.3) is 16.7 Å². The van der Waals surface area contributed by atoms with Crippen LogP contribution >= 0.6 is 0 Å². The Morgan fingerprint density at radius 3 is 2.18 bits per heavy atom. The highest BCUT2D eigenvalue weighted by atomic mass is 19.4. The lowest BCUT2D eigenvalue weighted by atomic mass is 9.83. The summed E-state index contributed by atoms with van der Waals surface area (Å²) in [4.78, 5) is 45.0. The molecule has 2 aromatic heterocycles. The number of aliphatic imine (C=N–C) groups is 1. The molecule has 3 aromatic rings. The van der Waals surface area contributed by atoms with Crippen LogP contribution in [-0.4, -0.2) is 58.1 Å². The van der Waals surface area contributed by atoms with E-state index in [0.29, 0.717) is 46.6 Å². The van der Waals surface area contributed by atoms with Crippen LogP contribution in [0.3, 0.4) is 0 Å². The van der Waals surface area contributed by atoms with E-state index >= 15 is 4.39 Å². The highest BCUT2D eigenvalue weighted by Gasteiger charge is 2.60. The Bertz CT molecular complexity index is 2310. The third-order valence-corrected chi connectivity index (χ3v) is 11.4. The van der Waals surface area contributed by atoms with Crippen molar-refractivity contribution in [3.8, 4) is 11.1 Å². The molecule has 0 saturated heterocycles. The van der Waals surface area contributed by atoms with Crippen molar-refractivity contribution in [1.29, 1.82) is 0 Å². The number of ketones is 1. The van der Waals surface area contributed by atoms with Gasteiger partial charge in [0.25, 0.3) is 0 Å². The number of rotatable bonds is 22. The van der Waals surface area contributed by atoms with Gasteiger partial charge in [-0.15, -0.1) is 0 Å². The van der Waals surface area contributed by atoms with Gasteiger partial charge in [-0.3, -0.25) is 24.1 Å². The first-order valence-electron chi connectivity index (χ1n) is 24.7. The number of carbonyl (C=O) groups is 3. The summed E-state index contributed by atoms with van der Waals surface area (Å²) < 4.78 is 82.0. The van der Waals surface area contributed by atoms with Gasteiger partial charge in [0, 0.05) is 60.0 Å². The highest BCUT2D eigenvalue weighted by molar-refractivity contribution is 5.91. The number of nitrogen functional groups attached to an aromatic ring is 1. The summed E-state index contributed by atoms with van der Waals surface area (Å²) in [5.41, 5.74) is 7.26. The minimum absolute atomic E-state index is 0.0217. The van der Waals surface area contributed by atoms with Crippen LogP contribution in [-0.2, 0) is 27.1 Å². The van der Waals surface area contributed by atoms with Crippen LogP contribution in [0.2, 0.25) is 0 Å². The van der Waals surface area contributed by atoms with Crippen molar-refractivity contribution in [3.05, 3.63) is 107 Å². The molecule has 0 spiro atoms. The van der Waals surface area contributed by atoms with Gasteiger partial charge in [0.15, 0.2) is 5.69 Å². The smallest absolute Gasteiger partial charge is 0.383 e. The molecular weight excluding hydrogens is 921 g/mol. The fraction of sp³-hybridized carbons (Fsp3) is 0.527. The Balaban J connectivity index is 0.000000681. The lowest BCUT2D eigenvalue weighted by Crippen LogP contribution is -2.48. The van der Waals surface area contributed by atoms with E-state index in [1.807, 2.05) is 85.8 Å². The summed E-state index contributed by atoms with van der Waals surface area (Å²) in [7, 11) is 1.67. The summed E-state index contributed by atoms with van der Waals surface area (Å²) in [5, 5.41) is 8.52. The number of nitrogens with one attached hydrogen (secondary N) is 2. The second-order valence-electron chi connectivity index (χ2n) is 18.1. The van der Waals surface area contributed by atoms with E-state index in [1.54, 1.807) is 58.5 Å². The second kappa shape index (κ2) is 30.2. The summed E-state index contributed by atoms with van der Waals surface area (Å²) in [6.07, 6.45) is 12.2. The number of pyridine rings is 1. The van der Waals surface area contributed by atoms with Gasteiger partial charge in [-0.1, -0.05) is 113 Å². The quantitative estimate of drug-likeness (QED) is 0.0227. The van der Waals surface area contributed by atoms with Crippen molar-refractivity contribution < 1.29 is 40.7 Å². The van der Waals surface area contributed by atoms with Gasteiger partial charge >= 0.3 is 12.7 Å². The Morgan fingerprint density at radius 1 is 0.986 bits per heavy atom. The topological polar surface area (TPSA) is 144 Å². The van der Waals surface area contributed by atoms with Crippen molar-refractivity contribution in [1.82, 2.24) is 25.4 Å². The first-order valence-corrected chi connectivity index (χ1v) is 24.7. The van der Waals surface area contributed by atoms with Crippen LogP contribution < -0.4 is 16.4 Å². The Hall–Kier alpha value is -5.80. The number of Topliss-reactive ketones (excluding diaryl/α,β-unsaturated/α-hetero) is 1. The molecule has 1 aliphatic rings. The summed E-state index contributed by atoms with van der Waals surface area (Å²) >= 11 is 0. The number of halogens is 6. The molecule has 71 heavy (non-hydrogen) atoms. The van der Waals surface area contributed by atoms with Gasteiger partial charge in [0.2, 0.25) is 5.91 Å². The van der Waals surface area contributed by atoms with E-state index < -0.39 is 35.8 Å². The van der Waals surface area contributed by atoms with Gasteiger partial charge < -0.3 is 16.4 Å². The average Bonchev–Trinajstić information content (AvgIpc) is 3.88. The molecule has 1 saturated carbocycles. The number of allylic oxidation sites excluding steroid dienone is 7. The molecule has 1 fully saturated rings. The largest absolute Gasteiger partial charge is 0.435 e. The molecule has 1 aliphatic carbocycles. The van der Waals surface area contributed by atoms with Crippen LogP contribution in [0, 0.1) is 29.0 Å². The third kappa shape index (κ3) is 19.4. The maximum atomic E-state index is 15.1. The predicted octanol–water partition coefficient (Wildman–Crippen LogP) is 13.7. The average molecular weight is 1000 g/mol. The van der Waals surface area contributed by atoms with E-state index in [4.69, 9.17) is 5.73 Å². The number of hydrogen-bond acceptors (Lipinski definition) is 8. The second-order valence-corrected chi connectivity index (χ2v) is 18.1. The molecule has 0 aliphatic heterocycles. The molecular formula is C55H79F6N7O3. The van der Waals surface area contributed by atoms with E-state index in [1.165, 1.54) is 22.9 Å². The SMILES string of the molecule is CC.CC.CC/C=C/C(=C\NC(F)F)CC(C)C(=O)NC(C)(C)Cn1nc(C(F)(F)F)cc1C(/C=C\C=O)=C/C(C)C.CCCC1(C(=O)C(C)CC)CC1c1ccc(-c2cnc(N)c(C=NC)c2)cc1F. The normalized spacial score (nSPS) is 17.0. The maximum Gasteiger partial charge on any atom is 0.435 e. The molecule has 394 valence electrons. The summed E-state index contributed by atoms with van der Waals surface area (Å²) in [6.45, 7) is 21.8. The van der Waals surface area contributed by atoms with Crippen LogP contribution in [0.4, 0.5) is 32.2 Å². The predicted molar refractivity (Wildman–Crippen MR) is 277 cm³/mol. The number of alkyl halides is 5. The van der Waals surface area contributed by atoms with Gasteiger partial charge in [-0.2, -0.15) is 27.1 Å². The standard InChI is InChI=1S/C27H37F5N4O2.C24H30FN3O.2C2H6/c1-7-8-10-20(16-33-25(28)29)14-19(4)24(38)34-26(5,6)17-36-22(15-23(35-36)27(30,31)32)21(11-9-12-37)13-18(2)3;1-5-9-24(22(29)15(3)6-2)12-20(24)19-8-7-16(11-21(19)25)17-10-18(13-27-4)23(26)28-14-17;2*1-2/h8-13,15-16,18-19,25,33H,7,14,17H2,1-6H3,(H,34,38);7-8,10-11,13-15,20H,5-6,9,12H2,1-4H3,(H2,26,28);2*1-2H3/b10-8+,11-9-,20-16+,21-13+;;;. The minimum atomic E-state index is -4.69. The number of aromatic nitrogens is 3. The molecule has 4 N–H and O–H groups in total. The molecule has 1 amide bonds. The summed E-state index contributed by atoms with van der Waals surface area (Å²) in [6, 6.07) is 8.05. The first-order chi connectivity index (χ1) is 33.5. The van der Waals surface area contributed by atoms with Gasteiger partial charge in [0.05, 0.1) is 17.8 Å². The number of aldehydes is 1. The molecule has 0 radical (unpaired) electrons. The number of nitrogens with zero attached hydrogens (tertiary/aromatic N) is 4. The van der Waals surface area contributed by atoms with Crippen molar-refractivity contribution in [2.45, 2.75) is 159 Å². The number of amides is 1. The van der Waals surface area contributed by atoms with Crippen molar-refractivity contribution >= 4 is 35.6 Å². The zero-order valence-corrected chi connectivity index (χ0v) is 44.3. The number of carbonyl (C=O) groups excluding carboxylic acids is 3. The number of benzene rings is 1. The molecule has 10 nitrogen and oxygen atoms in total. The van der Waals surface area contributed by atoms with Crippen molar-refractivity contribution in [2.24, 2.45) is 28.2 Å². The van der Waals surface area contributed by atoms with E-state index in [2.05, 4.69) is 27.3 Å². The zero-order chi connectivity index (χ0) is 54.3. The maximum absolute atomic E-state index is 15.1. The zero-order valence-electron chi connectivity index (χ0n) is 44.3. The fourth-order valence-corrected chi connectivity index (χ4v) is 7.96. The van der Waals surface area contributed by atoms with Gasteiger partial charge in [-0.05, 0) is 104 Å². The molecule has 0 bridgehead atoms. The van der Waals surface area contributed by atoms with E-state index in [0.717, 1.165) is 49.1 Å². The van der Waals surface area contributed by atoms with Crippen LogP contribution in [0.5, 0.6) is 0 Å². The Kier molecular flexibility index (Phi) is 26.9. The lowest BCUT2D eigenvalue weighted by molar-refractivity contribution is -0.141. The van der Waals surface area contributed by atoms with Gasteiger partial charge in [0.1, 0.15) is 23.7 Å². The highest BCUT2D eigenvalue weighted by Crippen LogP contribution is 2.64. The molecule has 2 heterocycles. The third-order valence-electron chi connectivity index (χ3n) is 11.4. The van der Waals surface area contributed by atoms with Crippen LogP contribution in [0.15, 0.2) is 83.7 Å². The van der Waals surface area contributed by atoms with Crippen molar-refractivity contribution in [3.63, 3.8) is 0 Å². The molecule has 4 rings (SSSR count). The number of hydrogen-bond donors (Lipinski definition) is 3. The summed E-state index contributed by atoms with van der Waals surface area (Å²) in [5.74, 6) is -0.619.